The smallest absolute Gasteiger partial charge is 0.167 e. The number of carbonyl (C=O) groups is 1. The number of halogens is 1. The third-order valence-electron chi connectivity index (χ3n) is 2.82. The van der Waals surface area contributed by atoms with Gasteiger partial charge < -0.3 is 5.73 Å². The monoisotopic (exact) mass is 259 g/mol. The van der Waals surface area contributed by atoms with Crippen LogP contribution in [-0.2, 0) is 13.0 Å². The molecule has 2 nitrogen and oxygen atoms in total. The molecule has 0 bridgehead atoms. The summed E-state index contributed by atoms with van der Waals surface area (Å²) in [5, 5.41) is 0.629. The Morgan fingerprint density at radius 3 is 2.33 bits per heavy atom. The second-order valence-electron chi connectivity index (χ2n) is 4.09. The molecule has 2 aromatic rings. The zero-order valence-corrected chi connectivity index (χ0v) is 10.7. The lowest BCUT2D eigenvalue weighted by atomic mass is 10.0. The number of carbonyl (C=O) groups excluding carboxylic acids is 1. The number of Topliss-reactive ketones (excluding diaryl/α,β-unsaturated/α-hetero) is 1. The molecular formula is C15H14ClNO. The van der Waals surface area contributed by atoms with Crippen LogP contribution in [0, 0.1) is 0 Å². The second-order valence-corrected chi connectivity index (χ2v) is 4.50. The van der Waals surface area contributed by atoms with E-state index in [2.05, 4.69) is 0 Å². The van der Waals surface area contributed by atoms with Crippen LogP contribution in [0.5, 0.6) is 0 Å². The molecule has 0 fully saturated rings. The van der Waals surface area contributed by atoms with E-state index in [1.165, 1.54) is 0 Å². The van der Waals surface area contributed by atoms with Crippen molar-refractivity contribution in [3.05, 3.63) is 70.2 Å². The van der Waals surface area contributed by atoms with Crippen LogP contribution >= 0.6 is 11.6 Å². The summed E-state index contributed by atoms with van der Waals surface area (Å²) in [6, 6.07) is 14.8. The SMILES string of the molecule is NCc1ccc(C(=O)Cc2ccccc2Cl)cc1. The number of hydrogen-bond donors (Lipinski definition) is 1. The number of rotatable bonds is 4. The summed E-state index contributed by atoms with van der Waals surface area (Å²) in [5.41, 5.74) is 8.08. The fourth-order valence-electron chi connectivity index (χ4n) is 1.74. The highest BCUT2D eigenvalue weighted by molar-refractivity contribution is 6.31. The highest BCUT2D eigenvalue weighted by Crippen LogP contribution is 2.17. The number of ketones is 1. The van der Waals surface area contributed by atoms with Crippen LogP contribution in [0.25, 0.3) is 0 Å². The van der Waals surface area contributed by atoms with E-state index in [-0.39, 0.29) is 5.78 Å². The Balaban J connectivity index is 2.14. The zero-order valence-electron chi connectivity index (χ0n) is 9.90. The van der Waals surface area contributed by atoms with Gasteiger partial charge in [-0.1, -0.05) is 54.1 Å². The van der Waals surface area contributed by atoms with Crippen molar-refractivity contribution in [2.24, 2.45) is 5.73 Å². The predicted molar refractivity (Wildman–Crippen MR) is 73.8 cm³/mol. The van der Waals surface area contributed by atoms with Gasteiger partial charge >= 0.3 is 0 Å². The lowest BCUT2D eigenvalue weighted by molar-refractivity contribution is 0.0993. The number of nitrogens with two attached hydrogens (primary N) is 1. The van der Waals surface area contributed by atoms with E-state index in [4.69, 9.17) is 17.3 Å². The van der Waals surface area contributed by atoms with Gasteiger partial charge in [-0.05, 0) is 17.2 Å². The summed E-state index contributed by atoms with van der Waals surface area (Å²) in [6.07, 6.45) is 0.321. The molecule has 2 N–H and O–H groups in total. The minimum atomic E-state index is 0.0617. The molecule has 0 spiro atoms. The molecule has 0 aliphatic rings. The second kappa shape index (κ2) is 5.80. The van der Waals surface area contributed by atoms with Crippen LogP contribution < -0.4 is 5.73 Å². The Hall–Kier alpha value is -1.64. The van der Waals surface area contributed by atoms with E-state index in [1.807, 2.05) is 30.3 Å². The van der Waals surface area contributed by atoms with E-state index in [9.17, 15) is 4.79 Å². The molecule has 18 heavy (non-hydrogen) atoms. The van der Waals surface area contributed by atoms with E-state index in [0.717, 1.165) is 11.1 Å². The summed E-state index contributed by atoms with van der Waals surface area (Å²) in [5.74, 6) is 0.0617. The fraction of sp³-hybridized carbons (Fsp3) is 0.133. The Kier molecular flexibility index (Phi) is 4.13. The molecule has 0 amide bonds. The van der Waals surface area contributed by atoms with Gasteiger partial charge in [-0.25, -0.2) is 0 Å². The van der Waals surface area contributed by atoms with Crippen LogP contribution in [0.4, 0.5) is 0 Å². The number of hydrogen-bond acceptors (Lipinski definition) is 2. The van der Waals surface area contributed by atoms with Crippen LogP contribution in [-0.4, -0.2) is 5.78 Å². The topological polar surface area (TPSA) is 43.1 Å². The molecule has 0 unspecified atom stereocenters. The van der Waals surface area contributed by atoms with Crippen molar-refractivity contribution in [3.63, 3.8) is 0 Å². The summed E-state index contributed by atoms with van der Waals surface area (Å²) in [4.78, 5) is 12.1. The third-order valence-corrected chi connectivity index (χ3v) is 3.19. The molecule has 0 radical (unpaired) electrons. The highest BCUT2D eigenvalue weighted by Gasteiger charge is 2.09. The number of benzene rings is 2. The Morgan fingerprint density at radius 2 is 1.72 bits per heavy atom. The quantitative estimate of drug-likeness (QED) is 0.857. The Morgan fingerprint density at radius 1 is 1.06 bits per heavy atom. The minimum Gasteiger partial charge on any atom is -0.326 e. The largest absolute Gasteiger partial charge is 0.326 e. The van der Waals surface area contributed by atoms with E-state index in [1.54, 1.807) is 18.2 Å². The Bertz CT molecular complexity index is 549. The molecule has 0 saturated heterocycles. The highest BCUT2D eigenvalue weighted by atomic mass is 35.5. The third kappa shape index (κ3) is 2.97. The molecular weight excluding hydrogens is 246 g/mol. The lowest BCUT2D eigenvalue weighted by Crippen LogP contribution is -2.04. The summed E-state index contributed by atoms with van der Waals surface area (Å²) in [6.45, 7) is 0.485. The molecule has 92 valence electrons. The first-order valence-corrected chi connectivity index (χ1v) is 6.14. The van der Waals surface area contributed by atoms with Crippen molar-refractivity contribution in [2.75, 3.05) is 0 Å². The molecule has 2 aromatic carbocycles. The van der Waals surface area contributed by atoms with Crippen LogP contribution in [0.3, 0.4) is 0 Å². The van der Waals surface area contributed by atoms with Gasteiger partial charge in [0.1, 0.15) is 0 Å². The fourth-order valence-corrected chi connectivity index (χ4v) is 1.95. The minimum absolute atomic E-state index is 0.0617. The van der Waals surface area contributed by atoms with Crippen molar-refractivity contribution < 1.29 is 4.79 Å². The average molecular weight is 260 g/mol. The normalized spacial score (nSPS) is 10.3. The van der Waals surface area contributed by atoms with Gasteiger partial charge in [0.2, 0.25) is 0 Å². The maximum atomic E-state index is 12.1. The first-order chi connectivity index (χ1) is 8.70. The maximum Gasteiger partial charge on any atom is 0.167 e. The molecule has 0 aromatic heterocycles. The molecule has 0 aliphatic heterocycles. The average Bonchev–Trinajstić information content (AvgIpc) is 2.41. The lowest BCUT2D eigenvalue weighted by Gasteiger charge is -2.04. The van der Waals surface area contributed by atoms with Gasteiger partial charge in [-0.15, -0.1) is 0 Å². The van der Waals surface area contributed by atoms with Gasteiger partial charge in [0.05, 0.1) is 0 Å². The van der Waals surface area contributed by atoms with Gasteiger partial charge in [0.25, 0.3) is 0 Å². The van der Waals surface area contributed by atoms with Gasteiger partial charge in [-0.3, -0.25) is 4.79 Å². The Labute approximate surface area is 111 Å². The van der Waals surface area contributed by atoms with Gasteiger partial charge in [0, 0.05) is 23.6 Å². The van der Waals surface area contributed by atoms with E-state index in [0.29, 0.717) is 23.6 Å². The molecule has 0 atom stereocenters. The van der Waals surface area contributed by atoms with Crippen molar-refractivity contribution in [1.29, 1.82) is 0 Å². The molecule has 2 rings (SSSR count). The first kappa shape index (κ1) is 12.8. The van der Waals surface area contributed by atoms with Crippen molar-refractivity contribution in [3.8, 4) is 0 Å². The summed E-state index contributed by atoms with van der Waals surface area (Å²) >= 11 is 6.03. The molecule has 3 heteroatoms. The van der Waals surface area contributed by atoms with Gasteiger partial charge in [-0.2, -0.15) is 0 Å². The first-order valence-electron chi connectivity index (χ1n) is 5.76. The van der Waals surface area contributed by atoms with Crippen LogP contribution in [0.1, 0.15) is 21.5 Å². The van der Waals surface area contributed by atoms with E-state index >= 15 is 0 Å². The standard InChI is InChI=1S/C15H14ClNO/c16-14-4-2-1-3-13(14)9-15(18)12-7-5-11(10-17)6-8-12/h1-8H,9-10,17H2. The predicted octanol–water partition coefficient (Wildman–Crippen LogP) is 3.22. The molecule has 0 heterocycles. The van der Waals surface area contributed by atoms with Crippen LogP contribution in [0.2, 0.25) is 5.02 Å². The summed E-state index contributed by atoms with van der Waals surface area (Å²) < 4.78 is 0. The van der Waals surface area contributed by atoms with Crippen molar-refractivity contribution >= 4 is 17.4 Å². The van der Waals surface area contributed by atoms with Gasteiger partial charge in [0.15, 0.2) is 5.78 Å². The maximum absolute atomic E-state index is 12.1. The van der Waals surface area contributed by atoms with E-state index < -0.39 is 0 Å². The van der Waals surface area contributed by atoms with Crippen LogP contribution in [0.15, 0.2) is 48.5 Å². The van der Waals surface area contributed by atoms with Crippen molar-refractivity contribution in [1.82, 2.24) is 0 Å². The zero-order chi connectivity index (χ0) is 13.0. The molecule has 0 aliphatic carbocycles. The summed E-state index contributed by atoms with van der Waals surface area (Å²) in [7, 11) is 0. The van der Waals surface area contributed by atoms with Crippen molar-refractivity contribution in [2.45, 2.75) is 13.0 Å². The molecule has 0 saturated carbocycles.